The van der Waals surface area contributed by atoms with Gasteiger partial charge < -0.3 is 19.5 Å². The molecule has 0 radical (unpaired) electrons. The highest BCUT2D eigenvalue weighted by molar-refractivity contribution is 5.93. The van der Waals surface area contributed by atoms with Gasteiger partial charge in [0.1, 0.15) is 17.5 Å². The van der Waals surface area contributed by atoms with E-state index in [4.69, 9.17) is 4.74 Å². The number of carbonyl (C=O) groups excluding carboxylic acids is 2. The fraction of sp³-hybridized carbons (Fsp3) is 0.421. The summed E-state index contributed by atoms with van der Waals surface area (Å²) in [6.07, 6.45) is 2.41. The van der Waals surface area contributed by atoms with Gasteiger partial charge in [0.15, 0.2) is 0 Å². The van der Waals surface area contributed by atoms with E-state index in [0.29, 0.717) is 31.1 Å². The molecule has 0 bridgehead atoms. The van der Waals surface area contributed by atoms with Crippen LogP contribution in [0.4, 0.5) is 0 Å². The fourth-order valence-corrected chi connectivity index (χ4v) is 3.03. The van der Waals surface area contributed by atoms with Crippen LogP contribution < -0.4 is 10.1 Å². The van der Waals surface area contributed by atoms with E-state index in [9.17, 15) is 9.59 Å². The minimum atomic E-state index is -0.0982. The van der Waals surface area contributed by atoms with Crippen molar-refractivity contribution in [3.8, 4) is 5.75 Å². The summed E-state index contributed by atoms with van der Waals surface area (Å²) in [7, 11) is 1.90. The third-order valence-electron chi connectivity index (χ3n) is 4.63. The lowest BCUT2D eigenvalue weighted by Crippen LogP contribution is -2.32. The van der Waals surface area contributed by atoms with Crippen molar-refractivity contribution in [1.29, 1.82) is 0 Å². The van der Waals surface area contributed by atoms with Crippen LogP contribution in [0.15, 0.2) is 30.5 Å². The highest BCUT2D eigenvalue weighted by Gasteiger charge is 2.29. The van der Waals surface area contributed by atoms with Gasteiger partial charge in [-0.25, -0.2) is 0 Å². The SMILES string of the molecule is CC(=O)NCc1cc(OC2CCN(C(=O)c3ccc(C)n3C)C2)ccn1. The number of hydrogen-bond acceptors (Lipinski definition) is 4. The molecule has 0 spiro atoms. The molecule has 3 heterocycles. The largest absolute Gasteiger partial charge is 0.488 e. The Morgan fingerprint density at radius 3 is 2.85 bits per heavy atom. The molecule has 3 rings (SSSR count). The highest BCUT2D eigenvalue weighted by atomic mass is 16.5. The maximum absolute atomic E-state index is 12.7. The molecule has 1 unspecified atom stereocenters. The van der Waals surface area contributed by atoms with Gasteiger partial charge in [-0.05, 0) is 25.1 Å². The van der Waals surface area contributed by atoms with Crippen molar-refractivity contribution in [3.63, 3.8) is 0 Å². The predicted molar refractivity (Wildman–Crippen MR) is 96.8 cm³/mol. The zero-order valence-electron chi connectivity index (χ0n) is 15.4. The summed E-state index contributed by atoms with van der Waals surface area (Å²) in [5.74, 6) is 0.640. The van der Waals surface area contributed by atoms with E-state index in [-0.39, 0.29) is 17.9 Å². The number of nitrogens with one attached hydrogen (secondary N) is 1. The average molecular weight is 356 g/mol. The third-order valence-corrected chi connectivity index (χ3v) is 4.63. The third kappa shape index (κ3) is 4.04. The zero-order chi connectivity index (χ0) is 18.7. The number of amides is 2. The first-order valence-corrected chi connectivity index (χ1v) is 8.71. The van der Waals surface area contributed by atoms with E-state index in [1.807, 2.05) is 41.6 Å². The second-order valence-corrected chi connectivity index (χ2v) is 6.59. The van der Waals surface area contributed by atoms with E-state index in [2.05, 4.69) is 10.3 Å². The van der Waals surface area contributed by atoms with Crippen molar-refractivity contribution in [1.82, 2.24) is 19.8 Å². The molecule has 7 heteroatoms. The molecule has 1 N–H and O–H groups in total. The van der Waals surface area contributed by atoms with Crippen molar-refractivity contribution >= 4 is 11.8 Å². The molecule has 1 atom stereocenters. The Hall–Kier alpha value is -2.83. The maximum atomic E-state index is 12.7. The molecular formula is C19H24N4O3. The molecule has 2 aromatic rings. The molecule has 1 saturated heterocycles. The van der Waals surface area contributed by atoms with Crippen LogP contribution in [0.2, 0.25) is 0 Å². The maximum Gasteiger partial charge on any atom is 0.270 e. The first kappa shape index (κ1) is 18.0. The van der Waals surface area contributed by atoms with Gasteiger partial charge in [0.2, 0.25) is 5.91 Å². The van der Waals surface area contributed by atoms with E-state index < -0.39 is 0 Å². The fourth-order valence-electron chi connectivity index (χ4n) is 3.03. The van der Waals surface area contributed by atoms with Crippen molar-refractivity contribution < 1.29 is 14.3 Å². The monoisotopic (exact) mass is 356 g/mol. The van der Waals surface area contributed by atoms with Gasteiger partial charge >= 0.3 is 0 Å². The number of ether oxygens (including phenoxy) is 1. The molecule has 0 saturated carbocycles. The molecule has 2 aromatic heterocycles. The molecule has 138 valence electrons. The number of pyridine rings is 1. The molecule has 1 fully saturated rings. The predicted octanol–water partition coefficient (Wildman–Crippen LogP) is 1.66. The summed E-state index contributed by atoms with van der Waals surface area (Å²) < 4.78 is 7.93. The second-order valence-electron chi connectivity index (χ2n) is 6.59. The smallest absolute Gasteiger partial charge is 0.270 e. The van der Waals surface area contributed by atoms with Crippen LogP contribution >= 0.6 is 0 Å². The molecule has 1 aliphatic heterocycles. The Morgan fingerprint density at radius 1 is 1.35 bits per heavy atom. The number of hydrogen-bond donors (Lipinski definition) is 1. The zero-order valence-corrected chi connectivity index (χ0v) is 15.4. The van der Waals surface area contributed by atoms with E-state index in [1.54, 1.807) is 12.3 Å². The minimum absolute atomic E-state index is 0.0350. The molecule has 7 nitrogen and oxygen atoms in total. The molecule has 0 aliphatic carbocycles. The summed E-state index contributed by atoms with van der Waals surface area (Å²) in [4.78, 5) is 29.7. The lowest BCUT2D eigenvalue weighted by molar-refractivity contribution is -0.119. The quantitative estimate of drug-likeness (QED) is 0.884. The number of nitrogens with zero attached hydrogens (tertiary/aromatic N) is 3. The standard InChI is InChI=1S/C19H24N4O3/c1-13-4-5-18(22(13)3)19(25)23-9-7-17(12-23)26-16-6-8-20-15(10-16)11-21-14(2)24/h4-6,8,10,17H,7,9,11-12H2,1-3H3,(H,21,24). The minimum Gasteiger partial charge on any atom is -0.488 e. The van der Waals surface area contributed by atoms with Gasteiger partial charge in [0, 0.05) is 44.9 Å². The first-order chi connectivity index (χ1) is 12.4. The van der Waals surface area contributed by atoms with Crippen molar-refractivity contribution in [2.45, 2.75) is 32.9 Å². The van der Waals surface area contributed by atoms with Crippen LogP contribution in [0.25, 0.3) is 0 Å². The van der Waals surface area contributed by atoms with E-state index in [0.717, 1.165) is 17.8 Å². The van der Waals surface area contributed by atoms with Gasteiger partial charge in [-0.1, -0.05) is 0 Å². The van der Waals surface area contributed by atoms with Gasteiger partial charge in [0.05, 0.1) is 18.8 Å². The Bertz CT molecular complexity index is 815. The van der Waals surface area contributed by atoms with Crippen molar-refractivity contribution in [2.75, 3.05) is 13.1 Å². The first-order valence-electron chi connectivity index (χ1n) is 8.71. The Morgan fingerprint density at radius 2 is 2.15 bits per heavy atom. The van der Waals surface area contributed by atoms with E-state index in [1.165, 1.54) is 6.92 Å². The highest BCUT2D eigenvalue weighted by Crippen LogP contribution is 2.21. The summed E-state index contributed by atoms with van der Waals surface area (Å²) in [5.41, 5.74) is 2.50. The number of rotatable bonds is 5. The van der Waals surface area contributed by atoms with Gasteiger partial charge in [-0.2, -0.15) is 0 Å². The Balaban J connectivity index is 1.59. The van der Waals surface area contributed by atoms with Crippen LogP contribution in [-0.4, -0.2) is 45.5 Å². The lowest BCUT2D eigenvalue weighted by atomic mass is 10.3. The summed E-state index contributed by atoms with van der Waals surface area (Å²) in [5, 5.41) is 2.72. The average Bonchev–Trinajstić information content (AvgIpc) is 3.20. The van der Waals surface area contributed by atoms with Gasteiger partial charge in [-0.3, -0.25) is 14.6 Å². The van der Waals surface area contributed by atoms with Crippen molar-refractivity contribution in [2.24, 2.45) is 7.05 Å². The van der Waals surface area contributed by atoms with Crippen LogP contribution in [0.3, 0.4) is 0 Å². The van der Waals surface area contributed by atoms with Crippen LogP contribution in [-0.2, 0) is 18.4 Å². The number of likely N-dealkylation sites (tertiary alicyclic amines) is 1. The Kier molecular flexibility index (Phi) is 5.25. The van der Waals surface area contributed by atoms with Gasteiger partial charge in [0.25, 0.3) is 5.91 Å². The summed E-state index contributed by atoms with van der Waals surface area (Å²) in [6, 6.07) is 7.43. The summed E-state index contributed by atoms with van der Waals surface area (Å²) >= 11 is 0. The molecular weight excluding hydrogens is 332 g/mol. The number of carbonyl (C=O) groups is 2. The topological polar surface area (TPSA) is 76.5 Å². The number of aromatic nitrogens is 2. The second kappa shape index (κ2) is 7.59. The summed E-state index contributed by atoms with van der Waals surface area (Å²) in [6.45, 7) is 5.06. The molecule has 26 heavy (non-hydrogen) atoms. The molecule has 1 aliphatic rings. The van der Waals surface area contributed by atoms with Gasteiger partial charge in [-0.15, -0.1) is 0 Å². The Labute approximate surface area is 153 Å². The van der Waals surface area contributed by atoms with E-state index >= 15 is 0 Å². The molecule has 2 amide bonds. The molecule has 0 aromatic carbocycles. The lowest BCUT2D eigenvalue weighted by Gasteiger charge is -2.18. The van der Waals surface area contributed by atoms with Crippen molar-refractivity contribution in [3.05, 3.63) is 47.5 Å². The van der Waals surface area contributed by atoms with Crippen LogP contribution in [0.1, 0.15) is 35.2 Å². The van der Waals surface area contributed by atoms with Crippen LogP contribution in [0, 0.1) is 6.92 Å². The van der Waals surface area contributed by atoms with Crippen LogP contribution in [0.5, 0.6) is 5.75 Å². The number of aryl methyl sites for hydroxylation is 1. The normalized spacial score (nSPS) is 16.6.